The number of carbonyl (C=O) groups excluding carboxylic acids is 1. The normalized spacial score (nSPS) is 13.5. The fraction of sp³-hybridized carbons (Fsp3) is 0.182. The van der Waals surface area contributed by atoms with Gasteiger partial charge in [-0.05, 0) is 48.7 Å². The van der Waals surface area contributed by atoms with Crippen LogP contribution in [-0.2, 0) is 0 Å². The summed E-state index contributed by atoms with van der Waals surface area (Å²) in [6, 6.07) is 6.84. The molecule has 1 aliphatic rings. The Kier molecular flexibility index (Phi) is 4.28. The molecule has 1 aromatic carbocycles. The van der Waals surface area contributed by atoms with E-state index in [0.29, 0.717) is 22.9 Å². The zero-order valence-corrected chi connectivity index (χ0v) is 17.5. The molecule has 0 spiro atoms. The van der Waals surface area contributed by atoms with E-state index in [1.54, 1.807) is 24.7 Å². The molecule has 5 aromatic rings. The van der Waals surface area contributed by atoms with E-state index in [4.69, 9.17) is 0 Å². The lowest BCUT2D eigenvalue weighted by Crippen LogP contribution is -2.13. The number of H-pyrrole nitrogens is 1. The standard InChI is InChI=1S/C22H18FN9O/c1-12-2-5-16(32-29-21(28-30-32)13-3-4-13)7-19(12)27-22(33)17-10-26-31-11-14(6-18(23)20(17)31)15-8-24-25-9-15/h2,5-11,13H,3-4H2,1H3,(H,24,25)(H,27,33). The van der Waals surface area contributed by atoms with Crippen molar-refractivity contribution in [3.05, 3.63) is 71.8 Å². The highest BCUT2D eigenvalue weighted by atomic mass is 19.1. The fourth-order valence-electron chi connectivity index (χ4n) is 3.70. The average Bonchev–Trinajstić information content (AvgIpc) is 3.23. The van der Waals surface area contributed by atoms with E-state index in [1.165, 1.54) is 21.6 Å². The third-order valence-electron chi connectivity index (χ3n) is 5.71. The topological polar surface area (TPSA) is 119 Å². The number of hydrogen-bond acceptors (Lipinski definition) is 6. The summed E-state index contributed by atoms with van der Waals surface area (Å²) in [4.78, 5) is 14.5. The van der Waals surface area contributed by atoms with E-state index in [0.717, 1.165) is 29.8 Å². The second kappa shape index (κ2) is 7.33. The zero-order chi connectivity index (χ0) is 22.5. The Morgan fingerprint density at radius 3 is 2.88 bits per heavy atom. The van der Waals surface area contributed by atoms with Gasteiger partial charge < -0.3 is 5.32 Å². The van der Waals surface area contributed by atoms with E-state index >= 15 is 0 Å². The fourth-order valence-corrected chi connectivity index (χ4v) is 3.70. The minimum atomic E-state index is -0.554. The molecule has 0 atom stereocenters. The van der Waals surface area contributed by atoms with Crippen molar-refractivity contribution in [1.82, 2.24) is 40.0 Å². The first-order chi connectivity index (χ1) is 16.1. The van der Waals surface area contributed by atoms with Crippen LogP contribution in [0.2, 0.25) is 0 Å². The Hall–Kier alpha value is -4.41. The molecule has 6 rings (SSSR count). The number of hydrogen-bond donors (Lipinski definition) is 2. The number of benzene rings is 1. The molecule has 11 heteroatoms. The predicted molar refractivity (Wildman–Crippen MR) is 117 cm³/mol. The summed E-state index contributed by atoms with van der Waals surface area (Å²) in [5.41, 5.74) is 3.62. The Labute approximate surface area is 186 Å². The van der Waals surface area contributed by atoms with E-state index in [2.05, 4.69) is 36.0 Å². The van der Waals surface area contributed by atoms with Gasteiger partial charge in [0.1, 0.15) is 11.3 Å². The zero-order valence-electron chi connectivity index (χ0n) is 17.5. The van der Waals surface area contributed by atoms with Gasteiger partial charge in [-0.2, -0.15) is 10.2 Å². The van der Waals surface area contributed by atoms with Crippen LogP contribution >= 0.6 is 0 Å². The molecule has 0 unspecified atom stereocenters. The number of aryl methyl sites for hydroxylation is 1. The molecule has 0 saturated heterocycles. The highest BCUT2D eigenvalue weighted by Crippen LogP contribution is 2.37. The summed E-state index contributed by atoms with van der Waals surface area (Å²) >= 11 is 0. The highest BCUT2D eigenvalue weighted by molar-refractivity contribution is 6.09. The van der Waals surface area contributed by atoms with Gasteiger partial charge in [-0.1, -0.05) is 6.07 Å². The number of amides is 1. The summed E-state index contributed by atoms with van der Waals surface area (Å²) in [7, 11) is 0. The first kappa shape index (κ1) is 19.3. The van der Waals surface area contributed by atoms with E-state index < -0.39 is 11.7 Å². The molecule has 33 heavy (non-hydrogen) atoms. The Bertz CT molecular complexity index is 1500. The van der Waals surface area contributed by atoms with Crippen LogP contribution < -0.4 is 5.32 Å². The van der Waals surface area contributed by atoms with E-state index in [1.807, 2.05) is 19.1 Å². The summed E-state index contributed by atoms with van der Waals surface area (Å²) in [6.07, 6.45) is 8.42. The summed E-state index contributed by atoms with van der Waals surface area (Å²) < 4.78 is 16.3. The third kappa shape index (κ3) is 3.43. The van der Waals surface area contributed by atoms with Gasteiger partial charge in [0.25, 0.3) is 5.91 Å². The number of nitrogens with zero attached hydrogens (tertiary/aromatic N) is 7. The maximum atomic E-state index is 15.0. The maximum Gasteiger partial charge on any atom is 0.259 e. The molecule has 164 valence electrons. The number of halogens is 1. The van der Waals surface area contributed by atoms with Crippen molar-refractivity contribution in [2.24, 2.45) is 0 Å². The van der Waals surface area contributed by atoms with Gasteiger partial charge in [-0.25, -0.2) is 8.91 Å². The predicted octanol–water partition coefficient (Wildman–Crippen LogP) is 3.28. The van der Waals surface area contributed by atoms with Crippen LogP contribution in [0.1, 0.15) is 40.5 Å². The smallest absolute Gasteiger partial charge is 0.259 e. The number of rotatable bonds is 5. The van der Waals surface area contributed by atoms with Crippen LogP contribution in [0.5, 0.6) is 0 Å². The van der Waals surface area contributed by atoms with Gasteiger partial charge in [-0.15, -0.1) is 15.0 Å². The van der Waals surface area contributed by atoms with Crippen molar-refractivity contribution in [3.63, 3.8) is 0 Å². The molecule has 1 aliphatic carbocycles. The van der Waals surface area contributed by atoms with Crippen LogP contribution in [0.15, 0.2) is 49.1 Å². The summed E-state index contributed by atoms with van der Waals surface area (Å²) in [5.74, 6) is 0.104. The minimum absolute atomic E-state index is 0.0978. The second-order valence-corrected chi connectivity index (χ2v) is 8.08. The van der Waals surface area contributed by atoms with Crippen LogP contribution in [0.4, 0.5) is 10.1 Å². The number of tetrazole rings is 1. The minimum Gasteiger partial charge on any atom is -0.322 e. The number of aromatic amines is 1. The van der Waals surface area contributed by atoms with Crippen LogP contribution in [0, 0.1) is 12.7 Å². The molecule has 0 radical (unpaired) electrons. The molecule has 1 fully saturated rings. The number of pyridine rings is 1. The van der Waals surface area contributed by atoms with Crippen molar-refractivity contribution in [2.75, 3.05) is 5.32 Å². The number of fused-ring (bicyclic) bond motifs is 1. The molecule has 2 N–H and O–H groups in total. The molecule has 10 nitrogen and oxygen atoms in total. The highest BCUT2D eigenvalue weighted by Gasteiger charge is 2.28. The first-order valence-electron chi connectivity index (χ1n) is 10.4. The van der Waals surface area contributed by atoms with Crippen molar-refractivity contribution >= 4 is 17.1 Å². The lowest BCUT2D eigenvalue weighted by atomic mass is 10.1. The van der Waals surface area contributed by atoms with Crippen LogP contribution in [0.25, 0.3) is 22.3 Å². The quantitative estimate of drug-likeness (QED) is 0.430. The van der Waals surface area contributed by atoms with Crippen molar-refractivity contribution in [2.45, 2.75) is 25.7 Å². The van der Waals surface area contributed by atoms with Gasteiger partial charge in [0, 0.05) is 35.1 Å². The van der Waals surface area contributed by atoms with Crippen LogP contribution in [-0.4, -0.2) is 45.9 Å². The molecule has 4 heterocycles. The molecule has 0 bridgehead atoms. The number of anilines is 1. The van der Waals surface area contributed by atoms with Crippen LogP contribution in [0.3, 0.4) is 0 Å². The number of nitrogens with one attached hydrogen (secondary N) is 2. The third-order valence-corrected chi connectivity index (χ3v) is 5.71. The second-order valence-electron chi connectivity index (χ2n) is 8.08. The number of aromatic nitrogens is 8. The largest absolute Gasteiger partial charge is 0.322 e. The van der Waals surface area contributed by atoms with Gasteiger partial charge >= 0.3 is 0 Å². The lowest BCUT2D eigenvalue weighted by Gasteiger charge is -2.10. The van der Waals surface area contributed by atoms with Gasteiger partial charge in [0.05, 0.1) is 23.6 Å². The Morgan fingerprint density at radius 1 is 1.21 bits per heavy atom. The first-order valence-corrected chi connectivity index (χ1v) is 10.4. The van der Waals surface area contributed by atoms with E-state index in [9.17, 15) is 9.18 Å². The average molecular weight is 443 g/mol. The molecule has 1 saturated carbocycles. The van der Waals surface area contributed by atoms with Crippen molar-refractivity contribution in [1.29, 1.82) is 0 Å². The van der Waals surface area contributed by atoms with Crippen molar-refractivity contribution in [3.8, 4) is 16.8 Å². The number of carbonyl (C=O) groups is 1. The summed E-state index contributed by atoms with van der Waals surface area (Å²) in [5, 5.41) is 26.3. The maximum absolute atomic E-state index is 15.0. The van der Waals surface area contributed by atoms with Gasteiger partial charge in [-0.3, -0.25) is 9.89 Å². The van der Waals surface area contributed by atoms with Gasteiger partial charge in [0.15, 0.2) is 5.82 Å². The molecular formula is C22H18FN9O. The monoisotopic (exact) mass is 443 g/mol. The summed E-state index contributed by atoms with van der Waals surface area (Å²) in [6.45, 7) is 1.87. The molecule has 0 aliphatic heterocycles. The van der Waals surface area contributed by atoms with Crippen molar-refractivity contribution < 1.29 is 9.18 Å². The lowest BCUT2D eigenvalue weighted by molar-refractivity contribution is 0.102. The van der Waals surface area contributed by atoms with Gasteiger partial charge in [0.2, 0.25) is 0 Å². The molecule has 4 aromatic heterocycles. The Morgan fingerprint density at radius 2 is 2.09 bits per heavy atom. The SMILES string of the molecule is Cc1ccc(-n2nnc(C3CC3)n2)cc1NC(=O)c1cnn2cc(-c3cn[nH]c3)cc(F)c12. The molecule has 1 amide bonds. The Balaban J connectivity index is 1.31. The molecular weight excluding hydrogens is 425 g/mol. The van der Waals surface area contributed by atoms with E-state index in [-0.39, 0.29) is 11.1 Å².